The second kappa shape index (κ2) is 11.5. The molecule has 0 unspecified atom stereocenters. The second-order valence-electron chi connectivity index (χ2n) is 13.1. The lowest BCUT2D eigenvalue weighted by atomic mass is 9.83. The average molecular weight is 634 g/mol. The summed E-state index contributed by atoms with van der Waals surface area (Å²) in [6, 6.07) is 64.2. The summed E-state index contributed by atoms with van der Waals surface area (Å²) < 4.78 is 0. The highest BCUT2D eigenvalue weighted by Gasteiger charge is 2.20. The molecule has 0 N–H and O–H groups in total. The highest BCUT2D eigenvalue weighted by Crippen LogP contribution is 2.48. The number of nitrogens with zero attached hydrogens (tertiary/aromatic N) is 1. The molecule has 0 fully saturated rings. The minimum atomic E-state index is 1.16. The molecule has 1 nitrogen and oxygen atoms in total. The maximum atomic E-state index is 4.62. The van der Waals surface area contributed by atoms with E-state index in [2.05, 4.69) is 181 Å². The number of benzene rings is 9. The van der Waals surface area contributed by atoms with E-state index in [4.69, 9.17) is 0 Å². The van der Waals surface area contributed by atoms with Crippen molar-refractivity contribution in [3.05, 3.63) is 188 Å². The van der Waals surface area contributed by atoms with Crippen LogP contribution in [0.1, 0.15) is 0 Å². The molecule has 0 aliphatic carbocycles. The summed E-state index contributed by atoms with van der Waals surface area (Å²) in [5, 5.41) is 12.4. The molecule has 0 bridgehead atoms. The second-order valence-corrected chi connectivity index (χ2v) is 13.1. The van der Waals surface area contributed by atoms with Crippen molar-refractivity contribution in [3.63, 3.8) is 0 Å². The van der Waals surface area contributed by atoms with Gasteiger partial charge in [0, 0.05) is 17.8 Å². The van der Waals surface area contributed by atoms with Crippen LogP contribution < -0.4 is 0 Å². The largest absolute Gasteiger partial charge is 0.264 e. The first-order chi connectivity index (χ1) is 24.8. The molecular weight excluding hydrogens is 603 g/mol. The fourth-order valence-corrected chi connectivity index (χ4v) is 8.15. The zero-order chi connectivity index (χ0) is 33.0. The molecule has 1 heterocycles. The molecule has 1 heteroatoms. The third-order valence-electron chi connectivity index (χ3n) is 10.3. The zero-order valence-electron chi connectivity index (χ0n) is 27.3. The lowest BCUT2D eigenvalue weighted by Gasteiger charge is -2.20. The van der Waals surface area contributed by atoms with Crippen molar-refractivity contribution in [1.29, 1.82) is 0 Å². The van der Waals surface area contributed by atoms with Crippen molar-refractivity contribution in [2.24, 2.45) is 0 Å². The Kier molecular flexibility index (Phi) is 6.57. The predicted molar refractivity (Wildman–Crippen MR) is 214 cm³/mol. The average Bonchev–Trinajstić information content (AvgIpc) is 3.19. The Labute approximate surface area is 290 Å². The summed E-state index contributed by atoms with van der Waals surface area (Å²) in [6.45, 7) is 0. The van der Waals surface area contributed by atoms with Gasteiger partial charge >= 0.3 is 0 Å². The van der Waals surface area contributed by atoms with Crippen molar-refractivity contribution in [1.82, 2.24) is 4.98 Å². The van der Waals surface area contributed by atoms with E-state index in [0.717, 1.165) is 5.39 Å². The van der Waals surface area contributed by atoms with Crippen LogP contribution in [-0.4, -0.2) is 4.98 Å². The van der Waals surface area contributed by atoms with E-state index >= 15 is 0 Å². The Morgan fingerprint density at radius 3 is 1.32 bits per heavy atom. The van der Waals surface area contributed by atoms with Gasteiger partial charge < -0.3 is 0 Å². The van der Waals surface area contributed by atoms with Gasteiger partial charge in [-0.05, 0) is 111 Å². The van der Waals surface area contributed by atoms with E-state index in [1.165, 1.54) is 93.0 Å². The van der Waals surface area contributed by atoms with Crippen LogP contribution in [0, 0.1) is 0 Å². The molecule has 0 aliphatic rings. The molecule has 0 atom stereocenters. The summed E-state index contributed by atoms with van der Waals surface area (Å²) in [7, 11) is 0. The maximum absolute atomic E-state index is 4.62. The summed E-state index contributed by atoms with van der Waals surface area (Å²) in [4.78, 5) is 4.62. The molecule has 0 saturated heterocycles. The van der Waals surface area contributed by atoms with Gasteiger partial charge in [0.25, 0.3) is 0 Å². The predicted octanol–water partition coefficient (Wildman–Crippen LogP) is 13.5. The van der Waals surface area contributed by atoms with Crippen LogP contribution in [0.4, 0.5) is 0 Å². The van der Waals surface area contributed by atoms with E-state index in [0.29, 0.717) is 0 Å². The van der Waals surface area contributed by atoms with Gasteiger partial charge in [-0.2, -0.15) is 0 Å². The first kappa shape index (κ1) is 28.4. The quantitative estimate of drug-likeness (QED) is 0.176. The van der Waals surface area contributed by atoms with Gasteiger partial charge in [0.2, 0.25) is 0 Å². The molecule has 50 heavy (non-hydrogen) atoms. The highest BCUT2D eigenvalue weighted by molar-refractivity contribution is 6.25. The standard InChI is InChI=1S/C49H31N/c1-3-14-33(15-4-1)46-43-27-28-50-31-45(43)47(34-16-5-2-6-17-34)42-26-25-37(30-44(42)46)49-40-21-11-9-19-38(40)48(39-20-10-12-22-41(39)49)36-24-23-32-13-7-8-18-35(32)29-36/h1-31H. The SMILES string of the molecule is c1ccc(-c2c3ccc(-c4c5ccccc5c(-c5ccc6ccccc6c5)c5ccccc45)cc3c(-c3ccccc3)c3ccncc23)cc1. The number of fused-ring (bicyclic) bond motifs is 5. The Bertz CT molecular complexity index is 2850. The Balaban J connectivity index is 1.33. The van der Waals surface area contributed by atoms with Gasteiger partial charge in [0.05, 0.1) is 0 Å². The van der Waals surface area contributed by atoms with Crippen LogP contribution in [-0.2, 0) is 0 Å². The summed E-state index contributed by atoms with van der Waals surface area (Å²) in [5.74, 6) is 0. The number of aromatic nitrogens is 1. The Morgan fingerprint density at radius 2 is 0.700 bits per heavy atom. The molecule has 0 aliphatic heterocycles. The summed E-state index contributed by atoms with van der Waals surface area (Å²) in [6.07, 6.45) is 3.95. The molecule has 0 amide bonds. The van der Waals surface area contributed by atoms with Gasteiger partial charge in [0.1, 0.15) is 0 Å². The molecule has 0 radical (unpaired) electrons. The van der Waals surface area contributed by atoms with Crippen LogP contribution in [0.15, 0.2) is 188 Å². The molecule has 0 saturated carbocycles. The number of rotatable bonds is 4. The van der Waals surface area contributed by atoms with Crippen LogP contribution in [0.5, 0.6) is 0 Å². The van der Waals surface area contributed by atoms with Gasteiger partial charge in [-0.25, -0.2) is 0 Å². The fraction of sp³-hybridized carbons (Fsp3) is 0. The number of hydrogen-bond acceptors (Lipinski definition) is 1. The molecular formula is C49H31N. The first-order valence-corrected chi connectivity index (χ1v) is 17.2. The first-order valence-electron chi connectivity index (χ1n) is 17.2. The van der Waals surface area contributed by atoms with Crippen molar-refractivity contribution in [2.45, 2.75) is 0 Å². The normalized spacial score (nSPS) is 11.6. The van der Waals surface area contributed by atoms with Crippen LogP contribution in [0.2, 0.25) is 0 Å². The van der Waals surface area contributed by atoms with Crippen molar-refractivity contribution >= 4 is 53.9 Å². The van der Waals surface area contributed by atoms with E-state index < -0.39 is 0 Å². The van der Waals surface area contributed by atoms with Gasteiger partial charge in [-0.15, -0.1) is 0 Å². The molecule has 10 rings (SSSR count). The summed E-state index contributed by atoms with van der Waals surface area (Å²) >= 11 is 0. The zero-order valence-corrected chi connectivity index (χ0v) is 27.3. The van der Waals surface area contributed by atoms with E-state index in [9.17, 15) is 0 Å². The van der Waals surface area contributed by atoms with Crippen LogP contribution in [0.3, 0.4) is 0 Å². The molecule has 0 spiro atoms. The van der Waals surface area contributed by atoms with Crippen molar-refractivity contribution in [2.75, 3.05) is 0 Å². The third-order valence-corrected chi connectivity index (χ3v) is 10.3. The monoisotopic (exact) mass is 633 g/mol. The Hall–Kier alpha value is -6.57. The van der Waals surface area contributed by atoms with E-state index in [-0.39, 0.29) is 0 Å². The van der Waals surface area contributed by atoms with Crippen molar-refractivity contribution < 1.29 is 0 Å². The topological polar surface area (TPSA) is 12.9 Å². The van der Waals surface area contributed by atoms with Gasteiger partial charge in [-0.3, -0.25) is 4.98 Å². The van der Waals surface area contributed by atoms with E-state index in [1.807, 2.05) is 12.4 Å². The van der Waals surface area contributed by atoms with E-state index in [1.54, 1.807) is 0 Å². The molecule has 232 valence electrons. The van der Waals surface area contributed by atoms with Gasteiger partial charge in [-0.1, -0.05) is 158 Å². The third kappa shape index (κ3) is 4.45. The van der Waals surface area contributed by atoms with Crippen LogP contribution >= 0.6 is 0 Å². The smallest absolute Gasteiger partial charge is 0.0353 e. The highest BCUT2D eigenvalue weighted by atomic mass is 14.6. The summed E-state index contributed by atoms with van der Waals surface area (Å²) in [5.41, 5.74) is 9.83. The maximum Gasteiger partial charge on any atom is 0.0353 e. The fourth-order valence-electron chi connectivity index (χ4n) is 8.15. The lowest BCUT2D eigenvalue weighted by Crippen LogP contribution is -1.94. The van der Waals surface area contributed by atoms with Gasteiger partial charge in [0.15, 0.2) is 0 Å². The minimum absolute atomic E-state index is 1.16. The molecule has 9 aromatic carbocycles. The van der Waals surface area contributed by atoms with Crippen LogP contribution in [0.25, 0.3) is 98.4 Å². The number of hydrogen-bond donors (Lipinski definition) is 0. The molecule has 10 aromatic rings. The minimum Gasteiger partial charge on any atom is -0.264 e. The number of pyridine rings is 1. The Morgan fingerprint density at radius 1 is 0.260 bits per heavy atom. The molecule has 1 aromatic heterocycles. The van der Waals surface area contributed by atoms with Crippen molar-refractivity contribution in [3.8, 4) is 44.5 Å². The lowest BCUT2D eigenvalue weighted by molar-refractivity contribution is 1.37.